The van der Waals surface area contributed by atoms with E-state index in [1.807, 2.05) is 23.2 Å². The third-order valence-electron chi connectivity index (χ3n) is 2.63. The molecule has 1 atom stereocenters. The average Bonchev–Trinajstić information content (AvgIpc) is 2.20. The van der Waals surface area contributed by atoms with E-state index in [1.165, 1.54) is 0 Å². The maximum Gasteiger partial charge on any atom is 0.152 e. The van der Waals surface area contributed by atoms with Crippen molar-refractivity contribution in [1.82, 2.24) is 5.01 Å². The van der Waals surface area contributed by atoms with Crippen LogP contribution in [-0.2, 0) is 0 Å². The predicted molar refractivity (Wildman–Crippen MR) is 45.5 cm³/mol. The zero-order chi connectivity index (χ0) is 8.13. The molecule has 1 aromatic rings. The number of hydrazine groups is 1. The van der Waals surface area contributed by atoms with Gasteiger partial charge in [-0.1, -0.05) is 18.2 Å². The van der Waals surface area contributed by atoms with Gasteiger partial charge in [0.15, 0.2) is 6.23 Å². The Morgan fingerprint density at radius 1 is 1.25 bits per heavy atom. The van der Waals surface area contributed by atoms with Crippen LogP contribution in [0.25, 0.3) is 0 Å². The highest BCUT2D eigenvalue weighted by molar-refractivity contribution is 5.59. The van der Waals surface area contributed by atoms with Gasteiger partial charge in [0, 0.05) is 18.7 Å². The normalized spacial score (nSPS) is 26.4. The largest absolute Gasteiger partial charge is 0.372 e. The lowest BCUT2D eigenvalue weighted by Gasteiger charge is -2.41. The van der Waals surface area contributed by atoms with Crippen molar-refractivity contribution in [3.63, 3.8) is 0 Å². The molecule has 1 N–H and O–H groups in total. The smallest absolute Gasteiger partial charge is 0.152 e. The fourth-order valence-electron chi connectivity index (χ4n) is 1.93. The number of aliphatic hydroxyl groups is 1. The Morgan fingerprint density at radius 2 is 2.08 bits per heavy atom. The standard InChI is InChI=1S/C9H10N2O/c12-9-7-3-1-2-4-8(7)10-5-6-11(9)10/h1-4,9,12H,5-6H2. The van der Waals surface area contributed by atoms with Crippen LogP contribution >= 0.6 is 0 Å². The van der Waals surface area contributed by atoms with Crippen LogP contribution in [0.15, 0.2) is 24.3 Å². The molecule has 12 heavy (non-hydrogen) atoms. The molecular weight excluding hydrogens is 152 g/mol. The van der Waals surface area contributed by atoms with E-state index < -0.39 is 6.23 Å². The van der Waals surface area contributed by atoms with Gasteiger partial charge in [0.1, 0.15) is 0 Å². The van der Waals surface area contributed by atoms with Gasteiger partial charge in [0.2, 0.25) is 0 Å². The molecule has 2 heterocycles. The Hall–Kier alpha value is -1.06. The van der Waals surface area contributed by atoms with Gasteiger partial charge in [-0.15, -0.1) is 0 Å². The lowest BCUT2D eigenvalue weighted by molar-refractivity contribution is -0.0237. The third-order valence-corrected chi connectivity index (χ3v) is 2.63. The van der Waals surface area contributed by atoms with Gasteiger partial charge in [0.25, 0.3) is 0 Å². The molecule has 1 unspecified atom stereocenters. The molecule has 2 aliphatic rings. The number of fused-ring (bicyclic) bond motifs is 3. The minimum atomic E-state index is -0.407. The molecule has 3 rings (SSSR count). The molecule has 0 aromatic heterocycles. The van der Waals surface area contributed by atoms with Crippen LogP contribution in [0.2, 0.25) is 0 Å². The average molecular weight is 162 g/mol. The van der Waals surface area contributed by atoms with E-state index in [9.17, 15) is 5.11 Å². The van der Waals surface area contributed by atoms with E-state index in [1.54, 1.807) is 0 Å². The van der Waals surface area contributed by atoms with Crippen LogP contribution in [0.4, 0.5) is 5.69 Å². The van der Waals surface area contributed by atoms with Crippen molar-refractivity contribution < 1.29 is 5.11 Å². The summed E-state index contributed by atoms with van der Waals surface area (Å²) < 4.78 is 0. The molecule has 0 saturated carbocycles. The number of anilines is 1. The maximum atomic E-state index is 9.76. The fraction of sp³-hybridized carbons (Fsp3) is 0.333. The molecule has 0 spiro atoms. The van der Waals surface area contributed by atoms with Crippen LogP contribution in [0.1, 0.15) is 11.8 Å². The zero-order valence-corrected chi connectivity index (χ0v) is 6.64. The number of benzene rings is 1. The lowest BCUT2D eigenvalue weighted by Crippen LogP contribution is -2.54. The van der Waals surface area contributed by atoms with E-state index in [4.69, 9.17) is 0 Å². The second-order valence-corrected chi connectivity index (χ2v) is 3.22. The Bertz CT molecular complexity index is 301. The number of hydrogen-bond donors (Lipinski definition) is 1. The first-order valence-corrected chi connectivity index (χ1v) is 4.19. The molecule has 1 fully saturated rings. The van der Waals surface area contributed by atoms with Gasteiger partial charge in [-0.2, -0.15) is 5.01 Å². The maximum absolute atomic E-state index is 9.76. The van der Waals surface area contributed by atoms with E-state index in [0.29, 0.717) is 0 Å². The van der Waals surface area contributed by atoms with Gasteiger partial charge in [-0.25, -0.2) is 0 Å². The lowest BCUT2D eigenvalue weighted by atomic mass is 10.2. The minimum absolute atomic E-state index is 0.407. The van der Waals surface area contributed by atoms with Crippen molar-refractivity contribution >= 4 is 5.69 Å². The van der Waals surface area contributed by atoms with E-state index >= 15 is 0 Å². The predicted octanol–water partition coefficient (Wildman–Crippen LogP) is 0.728. The molecule has 0 radical (unpaired) electrons. The summed E-state index contributed by atoms with van der Waals surface area (Å²) in [7, 11) is 0. The number of aliphatic hydroxyl groups excluding tert-OH is 1. The van der Waals surface area contributed by atoms with Gasteiger partial charge >= 0.3 is 0 Å². The first-order valence-electron chi connectivity index (χ1n) is 4.19. The van der Waals surface area contributed by atoms with Crippen molar-refractivity contribution in [2.75, 3.05) is 18.1 Å². The summed E-state index contributed by atoms with van der Waals surface area (Å²) in [6, 6.07) is 8.01. The number of rotatable bonds is 0. The van der Waals surface area contributed by atoms with E-state index in [0.717, 1.165) is 24.3 Å². The van der Waals surface area contributed by atoms with Crippen LogP contribution < -0.4 is 5.01 Å². The zero-order valence-electron chi connectivity index (χ0n) is 6.64. The highest BCUT2D eigenvalue weighted by Crippen LogP contribution is 2.41. The topological polar surface area (TPSA) is 26.7 Å². The second-order valence-electron chi connectivity index (χ2n) is 3.22. The summed E-state index contributed by atoms with van der Waals surface area (Å²) in [5.41, 5.74) is 2.20. The Balaban J connectivity index is 2.16. The first kappa shape index (κ1) is 6.46. The highest BCUT2D eigenvalue weighted by atomic mass is 16.3. The summed E-state index contributed by atoms with van der Waals surface area (Å²) in [5, 5.41) is 13.9. The molecule has 0 bridgehead atoms. The summed E-state index contributed by atoms with van der Waals surface area (Å²) in [5.74, 6) is 0. The quantitative estimate of drug-likeness (QED) is 0.609. The molecule has 0 amide bonds. The molecular formula is C9H10N2O. The monoisotopic (exact) mass is 162 g/mol. The van der Waals surface area contributed by atoms with E-state index in [-0.39, 0.29) is 0 Å². The van der Waals surface area contributed by atoms with E-state index in [2.05, 4.69) is 11.1 Å². The molecule has 2 aliphatic heterocycles. The van der Waals surface area contributed by atoms with Crippen LogP contribution in [-0.4, -0.2) is 23.2 Å². The molecule has 0 aliphatic carbocycles. The highest BCUT2D eigenvalue weighted by Gasteiger charge is 2.40. The second kappa shape index (κ2) is 2.00. The third kappa shape index (κ3) is 0.589. The Labute approximate surface area is 70.8 Å². The molecule has 62 valence electrons. The minimum Gasteiger partial charge on any atom is -0.372 e. The molecule has 3 nitrogen and oxygen atoms in total. The number of hydrogen-bond acceptors (Lipinski definition) is 3. The Morgan fingerprint density at radius 3 is 2.83 bits per heavy atom. The summed E-state index contributed by atoms with van der Waals surface area (Å²) in [6.45, 7) is 2.00. The molecule has 1 saturated heterocycles. The van der Waals surface area contributed by atoms with Crippen LogP contribution in [0, 0.1) is 0 Å². The van der Waals surface area contributed by atoms with Crippen molar-refractivity contribution in [1.29, 1.82) is 0 Å². The summed E-state index contributed by atoms with van der Waals surface area (Å²) in [4.78, 5) is 0. The van der Waals surface area contributed by atoms with Crippen LogP contribution in [0.5, 0.6) is 0 Å². The number of nitrogens with zero attached hydrogens (tertiary/aromatic N) is 2. The molecule has 1 aromatic carbocycles. The number of para-hydroxylation sites is 1. The van der Waals surface area contributed by atoms with Crippen molar-refractivity contribution in [2.45, 2.75) is 6.23 Å². The summed E-state index contributed by atoms with van der Waals surface area (Å²) >= 11 is 0. The Kier molecular flexibility index (Phi) is 1.07. The summed E-state index contributed by atoms with van der Waals surface area (Å²) in [6.07, 6.45) is -0.407. The van der Waals surface area contributed by atoms with Crippen LogP contribution in [0.3, 0.4) is 0 Å². The van der Waals surface area contributed by atoms with Gasteiger partial charge < -0.3 is 10.1 Å². The van der Waals surface area contributed by atoms with Crippen molar-refractivity contribution in [3.8, 4) is 0 Å². The van der Waals surface area contributed by atoms with Crippen molar-refractivity contribution in [3.05, 3.63) is 29.8 Å². The van der Waals surface area contributed by atoms with Gasteiger partial charge in [0.05, 0.1) is 5.69 Å². The van der Waals surface area contributed by atoms with Gasteiger partial charge in [-0.3, -0.25) is 0 Å². The first-order chi connectivity index (χ1) is 5.88. The van der Waals surface area contributed by atoms with Crippen molar-refractivity contribution in [2.24, 2.45) is 0 Å². The molecule has 3 heteroatoms. The fourth-order valence-corrected chi connectivity index (χ4v) is 1.93. The van der Waals surface area contributed by atoms with Gasteiger partial charge in [-0.05, 0) is 6.07 Å². The SMILES string of the molecule is OC1c2ccccc2N2CCN12.